The van der Waals surface area contributed by atoms with Crippen molar-refractivity contribution in [3.63, 3.8) is 0 Å². The van der Waals surface area contributed by atoms with Gasteiger partial charge in [0.05, 0.1) is 25.1 Å². The Morgan fingerprint density at radius 1 is 1.14 bits per heavy atom. The number of piperazine rings is 1. The summed E-state index contributed by atoms with van der Waals surface area (Å²) in [6.45, 7) is 9.21. The van der Waals surface area contributed by atoms with Crippen molar-refractivity contribution in [2.45, 2.75) is 51.7 Å². The van der Waals surface area contributed by atoms with E-state index in [9.17, 15) is 4.79 Å². The highest BCUT2D eigenvalue weighted by atomic mass is 16.5. The molecule has 2 fully saturated rings. The summed E-state index contributed by atoms with van der Waals surface area (Å²) in [5, 5.41) is 12.1. The molecule has 0 saturated carbocycles. The SMILES string of the molecule is COc1ccccc1CN1CCC(CCNC(=O)N2[C@H](C)CN(c3ncc(C#N)cn3)C[C@@H]2C)CC1. The summed E-state index contributed by atoms with van der Waals surface area (Å²) in [4.78, 5) is 28.2. The van der Waals surface area contributed by atoms with Crippen LogP contribution in [-0.4, -0.2) is 77.7 Å². The number of likely N-dealkylation sites (tertiary alicyclic amines) is 1. The first-order valence-corrected chi connectivity index (χ1v) is 12.9. The van der Waals surface area contributed by atoms with Crippen molar-refractivity contribution in [2.24, 2.45) is 5.92 Å². The second kappa shape index (κ2) is 12.0. The van der Waals surface area contributed by atoms with Crippen LogP contribution in [0, 0.1) is 17.2 Å². The largest absolute Gasteiger partial charge is 0.496 e. The predicted octanol–water partition coefficient (Wildman–Crippen LogP) is 3.27. The highest BCUT2D eigenvalue weighted by molar-refractivity contribution is 5.75. The molecule has 2 aliphatic rings. The van der Waals surface area contributed by atoms with Gasteiger partial charge in [-0.05, 0) is 58.2 Å². The molecule has 36 heavy (non-hydrogen) atoms. The zero-order valence-electron chi connectivity index (χ0n) is 21.6. The van der Waals surface area contributed by atoms with Gasteiger partial charge in [-0.3, -0.25) is 4.90 Å². The van der Waals surface area contributed by atoms with E-state index in [1.165, 1.54) is 5.56 Å². The molecule has 2 saturated heterocycles. The maximum atomic E-state index is 13.0. The first kappa shape index (κ1) is 25.7. The van der Waals surface area contributed by atoms with E-state index < -0.39 is 0 Å². The summed E-state index contributed by atoms with van der Waals surface area (Å²) in [7, 11) is 1.73. The fourth-order valence-corrected chi connectivity index (χ4v) is 5.41. The molecule has 2 amide bonds. The smallest absolute Gasteiger partial charge is 0.318 e. The summed E-state index contributed by atoms with van der Waals surface area (Å²) in [5.41, 5.74) is 1.68. The van der Waals surface area contributed by atoms with Gasteiger partial charge in [-0.2, -0.15) is 5.26 Å². The molecule has 2 aromatic rings. The second-order valence-corrected chi connectivity index (χ2v) is 9.95. The number of hydrogen-bond acceptors (Lipinski definition) is 7. The van der Waals surface area contributed by atoms with Crippen LogP contribution in [0.15, 0.2) is 36.7 Å². The first-order valence-electron chi connectivity index (χ1n) is 12.9. The van der Waals surface area contributed by atoms with Gasteiger partial charge in [-0.1, -0.05) is 18.2 Å². The highest BCUT2D eigenvalue weighted by Crippen LogP contribution is 2.25. The normalized spacial score (nSPS) is 21.2. The number of para-hydroxylation sites is 1. The molecular formula is C27H37N7O2. The van der Waals surface area contributed by atoms with Crippen LogP contribution in [0.5, 0.6) is 5.75 Å². The van der Waals surface area contributed by atoms with E-state index in [2.05, 4.69) is 51.1 Å². The van der Waals surface area contributed by atoms with Gasteiger partial charge in [0.1, 0.15) is 11.8 Å². The van der Waals surface area contributed by atoms with Gasteiger partial charge in [0.2, 0.25) is 5.95 Å². The Labute approximate surface area is 214 Å². The summed E-state index contributed by atoms with van der Waals surface area (Å²) in [5.74, 6) is 2.19. The maximum absolute atomic E-state index is 13.0. The van der Waals surface area contributed by atoms with Crippen LogP contribution >= 0.6 is 0 Å². The lowest BCUT2D eigenvalue weighted by Crippen LogP contribution is -2.61. The topological polar surface area (TPSA) is 97.6 Å². The fourth-order valence-electron chi connectivity index (χ4n) is 5.41. The number of carbonyl (C=O) groups excluding carboxylic acids is 1. The number of benzene rings is 1. The Kier molecular flexibility index (Phi) is 8.60. The monoisotopic (exact) mass is 491 g/mol. The number of hydrogen-bond donors (Lipinski definition) is 1. The van der Waals surface area contributed by atoms with E-state index in [0.717, 1.165) is 44.6 Å². The zero-order chi connectivity index (χ0) is 25.5. The minimum absolute atomic E-state index is 0.00371. The number of ether oxygens (including phenoxy) is 1. The third-order valence-electron chi connectivity index (χ3n) is 7.33. The van der Waals surface area contributed by atoms with Gasteiger partial charge in [0.25, 0.3) is 0 Å². The van der Waals surface area contributed by atoms with E-state index >= 15 is 0 Å². The third kappa shape index (κ3) is 6.24. The minimum Gasteiger partial charge on any atom is -0.496 e. The Morgan fingerprint density at radius 2 is 1.81 bits per heavy atom. The van der Waals surface area contributed by atoms with Crippen LogP contribution in [0.2, 0.25) is 0 Å². The summed E-state index contributed by atoms with van der Waals surface area (Å²) < 4.78 is 5.50. The Balaban J connectivity index is 1.19. The molecule has 0 aliphatic carbocycles. The average Bonchev–Trinajstić information content (AvgIpc) is 2.89. The summed E-state index contributed by atoms with van der Waals surface area (Å²) in [6.07, 6.45) is 6.40. The van der Waals surface area contributed by atoms with Gasteiger partial charge >= 0.3 is 6.03 Å². The van der Waals surface area contributed by atoms with E-state index in [4.69, 9.17) is 10.00 Å². The van der Waals surface area contributed by atoms with Gasteiger partial charge in [-0.25, -0.2) is 14.8 Å². The number of nitriles is 1. The number of methoxy groups -OCH3 is 1. The molecule has 1 N–H and O–H groups in total. The van der Waals surface area contributed by atoms with E-state index in [1.807, 2.05) is 23.1 Å². The molecule has 0 spiro atoms. The molecule has 0 bridgehead atoms. The standard InChI is InChI=1S/C27H37N7O2/c1-20-17-33(26-30-15-23(14-28)16-31-26)18-21(2)34(20)27(35)29-11-8-22-9-12-32(13-10-22)19-24-6-4-5-7-25(24)36-3/h4-7,15-16,20-22H,8-13,17-19H2,1-3H3,(H,29,35)/t20-,21+. The molecule has 192 valence electrons. The molecule has 0 radical (unpaired) electrons. The Bertz CT molecular complexity index is 1030. The van der Waals surface area contributed by atoms with Crippen LogP contribution in [0.1, 0.15) is 44.2 Å². The van der Waals surface area contributed by atoms with Crippen molar-refractivity contribution < 1.29 is 9.53 Å². The number of anilines is 1. The number of nitrogens with zero attached hydrogens (tertiary/aromatic N) is 6. The molecule has 0 unspecified atom stereocenters. The molecule has 2 aliphatic heterocycles. The lowest BCUT2D eigenvalue weighted by atomic mass is 9.93. The lowest BCUT2D eigenvalue weighted by Gasteiger charge is -2.44. The van der Waals surface area contributed by atoms with Crippen LogP contribution < -0.4 is 15.0 Å². The quantitative estimate of drug-likeness (QED) is 0.635. The van der Waals surface area contributed by atoms with Gasteiger partial charge < -0.3 is 19.9 Å². The molecule has 1 aromatic carbocycles. The Hall–Kier alpha value is -3.38. The second-order valence-electron chi connectivity index (χ2n) is 9.95. The van der Waals surface area contributed by atoms with Crippen LogP contribution in [-0.2, 0) is 6.54 Å². The average molecular weight is 492 g/mol. The van der Waals surface area contributed by atoms with Crippen LogP contribution in [0.4, 0.5) is 10.7 Å². The molecule has 4 rings (SSSR count). The van der Waals surface area contributed by atoms with Crippen molar-refractivity contribution in [2.75, 3.05) is 44.7 Å². The van der Waals surface area contributed by atoms with E-state index in [-0.39, 0.29) is 18.1 Å². The highest BCUT2D eigenvalue weighted by Gasteiger charge is 2.34. The Morgan fingerprint density at radius 3 is 2.44 bits per heavy atom. The van der Waals surface area contributed by atoms with Crippen LogP contribution in [0.25, 0.3) is 0 Å². The van der Waals surface area contributed by atoms with Crippen molar-refractivity contribution in [3.05, 3.63) is 47.8 Å². The molecule has 2 atom stereocenters. The molecular weight excluding hydrogens is 454 g/mol. The molecule has 1 aromatic heterocycles. The van der Waals surface area contributed by atoms with E-state index in [1.54, 1.807) is 19.5 Å². The first-order chi connectivity index (χ1) is 17.5. The van der Waals surface area contributed by atoms with Crippen LogP contribution in [0.3, 0.4) is 0 Å². The lowest BCUT2D eigenvalue weighted by molar-refractivity contribution is 0.139. The third-order valence-corrected chi connectivity index (χ3v) is 7.33. The van der Waals surface area contributed by atoms with Crippen molar-refractivity contribution in [3.8, 4) is 11.8 Å². The molecule has 9 nitrogen and oxygen atoms in total. The number of rotatable bonds is 7. The van der Waals surface area contributed by atoms with Crippen molar-refractivity contribution in [1.82, 2.24) is 25.1 Å². The van der Waals surface area contributed by atoms with Gasteiger partial charge in [0.15, 0.2) is 0 Å². The maximum Gasteiger partial charge on any atom is 0.318 e. The number of nitrogens with one attached hydrogen (secondary N) is 1. The van der Waals surface area contributed by atoms with Crippen molar-refractivity contribution >= 4 is 12.0 Å². The number of piperidine rings is 1. The predicted molar refractivity (Wildman–Crippen MR) is 139 cm³/mol. The van der Waals surface area contributed by atoms with Gasteiger partial charge in [0, 0.05) is 43.8 Å². The van der Waals surface area contributed by atoms with Gasteiger partial charge in [-0.15, -0.1) is 0 Å². The number of aromatic nitrogens is 2. The molecule has 3 heterocycles. The minimum atomic E-state index is 0.00371. The van der Waals surface area contributed by atoms with Crippen molar-refractivity contribution in [1.29, 1.82) is 5.26 Å². The zero-order valence-corrected chi connectivity index (χ0v) is 21.6. The molecule has 9 heteroatoms. The fraction of sp³-hybridized carbons (Fsp3) is 0.556. The summed E-state index contributed by atoms with van der Waals surface area (Å²) >= 11 is 0. The number of amides is 2. The van der Waals surface area contributed by atoms with E-state index in [0.29, 0.717) is 37.1 Å². The summed E-state index contributed by atoms with van der Waals surface area (Å²) in [6, 6.07) is 10.3. The number of carbonyl (C=O) groups is 1. The number of urea groups is 1.